The maximum absolute atomic E-state index is 15.2. The molecule has 0 radical (unpaired) electrons. The summed E-state index contributed by atoms with van der Waals surface area (Å²) in [7, 11) is 1.46. The first-order chi connectivity index (χ1) is 23.5. The Bertz CT molecular complexity index is 2200. The average molecular weight is 669 g/mol. The molecular formula is C35H33FN6O7. The normalized spacial score (nSPS) is 19.0. The summed E-state index contributed by atoms with van der Waals surface area (Å²) in [4.78, 5) is 66.3. The number of anilines is 1. The molecule has 3 aromatic heterocycles. The Morgan fingerprint density at radius 2 is 2.08 bits per heavy atom. The van der Waals surface area contributed by atoms with Gasteiger partial charge in [-0.15, -0.1) is 0 Å². The van der Waals surface area contributed by atoms with Crippen LogP contribution in [-0.4, -0.2) is 57.5 Å². The van der Waals surface area contributed by atoms with Crippen LogP contribution in [0.25, 0.3) is 22.3 Å². The van der Waals surface area contributed by atoms with Crippen molar-refractivity contribution < 1.29 is 33.4 Å². The van der Waals surface area contributed by atoms with E-state index in [2.05, 4.69) is 9.98 Å². The molecule has 0 saturated heterocycles. The molecule has 2 aliphatic heterocycles. The SMILES string of the molecule is CC[C@@]1(O)C(=O)OCc2c1cc1n(c2=O)Cc2c-1nc1cc(F)c(C)c3c1c2C(C=NC(=O)COC(=O)N(C)c1ncccc1CN)CC3. The van der Waals surface area contributed by atoms with E-state index in [0.717, 1.165) is 21.4 Å². The zero-order valence-corrected chi connectivity index (χ0v) is 27.1. The molecule has 0 spiro atoms. The number of pyridine rings is 3. The molecule has 3 N–H and O–H groups in total. The number of aromatic nitrogens is 3. The van der Waals surface area contributed by atoms with Crippen molar-refractivity contribution >= 4 is 40.9 Å². The molecule has 0 saturated carbocycles. The fourth-order valence-corrected chi connectivity index (χ4v) is 7.15. The summed E-state index contributed by atoms with van der Waals surface area (Å²) in [6, 6.07) is 6.39. The van der Waals surface area contributed by atoms with Gasteiger partial charge in [-0.1, -0.05) is 13.0 Å². The number of benzene rings is 1. The summed E-state index contributed by atoms with van der Waals surface area (Å²) in [5, 5.41) is 12.0. The second kappa shape index (κ2) is 12.0. The van der Waals surface area contributed by atoms with Crippen LogP contribution in [0.1, 0.15) is 64.6 Å². The molecular weight excluding hydrogens is 635 g/mol. The molecule has 1 aliphatic carbocycles. The Kier molecular flexibility index (Phi) is 7.87. The summed E-state index contributed by atoms with van der Waals surface area (Å²) in [5.41, 5.74) is 8.27. The van der Waals surface area contributed by atoms with E-state index in [1.165, 1.54) is 30.1 Å². The number of fused-ring (bicyclic) bond motifs is 5. The summed E-state index contributed by atoms with van der Waals surface area (Å²) >= 11 is 0. The summed E-state index contributed by atoms with van der Waals surface area (Å²) in [6.45, 7) is 2.74. The van der Waals surface area contributed by atoms with Gasteiger partial charge in [-0.05, 0) is 55.0 Å². The van der Waals surface area contributed by atoms with Crippen LogP contribution in [0.5, 0.6) is 0 Å². The first kappa shape index (κ1) is 32.2. The molecule has 3 aliphatic rings. The van der Waals surface area contributed by atoms with Crippen LogP contribution in [-0.2, 0) is 50.8 Å². The number of nitrogens with zero attached hydrogens (tertiary/aromatic N) is 5. The smallest absolute Gasteiger partial charge is 0.415 e. The van der Waals surface area contributed by atoms with Crippen LogP contribution >= 0.6 is 0 Å². The van der Waals surface area contributed by atoms with Gasteiger partial charge in [-0.25, -0.2) is 28.9 Å². The predicted octanol–water partition coefficient (Wildman–Crippen LogP) is 3.28. The van der Waals surface area contributed by atoms with Gasteiger partial charge in [0.2, 0.25) is 0 Å². The number of hydrogen-bond donors (Lipinski definition) is 2. The fraction of sp³-hybridized carbons (Fsp3) is 0.343. The lowest BCUT2D eigenvalue weighted by Crippen LogP contribution is -2.44. The van der Waals surface area contributed by atoms with E-state index < -0.39 is 47.5 Å². The minimum absolute atomic E-state index is 0.00508. The maximum Gasteiger partial charge on any atom is 0.415 e. The van der Waals surface area contributed by atoms with Gasteiger partial charge in [0.05, 0.1) is 29.0 Å². The van der Waals surface area contributed by atoms with Gasteiger partial charge in [-0.3, -0.25) is 14.5 Å². The maximum atomic E-state index is 15.2. The molecule has 0 fully saturated rings. The van der Waals surface area contributed by atoms with Gasteiger partial charge in [0.15, 0.2) is 12.2 Å². The highest BCUT2D eigenvalue weighted by molar-refractivity contribution is 5.98. The Morgan fingerprint density at radius 3 is 2.84 bits per heavy atom. The predicted molar refractivity (Wildman–Crippen MR) is 176 cm³/mol. The molecule has 4 aromatic rings. The number of hydrogen-bond acceptors (Lipinski definition) is 10. The largest absolute Gasteiger partial charge is 0.458 e. The van der Waals surface area contributed by atoms with Crippen molar-refractivity contribution in [2.24, 2.45) is 10.7 Å². The number of aliphatic imine (C=N–C) groups is 1. The first-order valence-electron chi connectivity index (χ1n) is 15.9. The van der Waals surface area contributed by atoms with Crippen LogP contribution < -0.4 is 16.2 Å². The summed E-state index contributed by atoms with van der Waals surface area (Å²) in [6.07, 6.45) is 3.19. The molecule has 252 valence electrons. The van der Waals surface area contributed by atoms with Crippen LogP contribution in [0.2, 0.25) is 0 Å². The Morgan fingerprint density at radius 1 is 1.29 bits per heavy atom. The van der Waals surface area contributed by atoms with Crippen molar-refractivity contribution in [2.75, 3.05) is 18.6 Å². The lowest BCUT2D eigenvalue weighted by atomic mass is 9.78. The van der Waals surface area contributed by atoms with Crippen molar-refractivity contribution in [1.82, 2.24) is 14.5 Å². The second-order valence-electron chi connectivity index (χ2n) is 12.4. The lowest BCUT2D eigenvalue weighted by molar-refractivity contribution is -0.172. The third kappa shape index (κ3) is 5.01. The van der Waals surface area contributed by atoms with Crippen LogP contribution in [0.15, 0.2) is 40.2 Å². The first-order valence-corrected chi connectivity index (χ1v) is 15.9. The van der Waals surface area contributed by atoms with Crippen LogP contribution in [0, 0.1) is 12.7 Å². The van der Waals surface area contributed by atoms with Crippen molar-refractivity contribution in [3.63, 3.8) is 0 Å². The highest BCUT2D eigenvalue weighted by Gasteiger charge is 2.46. The van der Waals surface area contributed by atoms with E-state index >= 15 is 4.39 Å². The molecule has 0 bridgehead atoms. The van der Waals surface area contributed by atoms with E-state index in [4.69, 9.17) is 20.2 Å². The Labute approximate surface area is 279 Å². The lowest BCUT2D eigenvalue weighted by Gasteiger charge is -2.31. The van der Waals surface area contributed by atoms with Gasteiger partial charge < -0.3 is 24.9 Å². The number of rotatable bonds is 6. The zero-order valence-electron chi connectivity index (χ0n) is 27.1. The molecule has 7 rings (SSSR count). The van der Waals surface area contributed by atoms with E-state index in [1.54, 1.807) is 32.0 Å². The van der Waals surface area contributed by atoms with Crippen molar-refractivity contribution in [3.8, 4) is 11.4 Å². The Balaban J connectivity index is 1.24. The number of aryl methyl sites for hydroxylation is 1. The van der Waals surface area contributed by atoms with Crippen molar-refractivity contribution in [3.05, 3.63) is 85.6 Å². The monoisotopic (exact) mass is 668 g/mol. The minimum Gasteiger partial charge on any atom is -0.458 e. The topological polar surface area (TPSA) is 179 Å². The number of carbonyl (C=O) groups is 3. The minimum atomic E-state index is -2.00. The third-order valence-electron chi connectivity index (χ3n) is 9.82. The molecule has 14 heteroatoms. The summed E-state index contributed by atoms with van der Waals surface area (Å²) < 4.78 is 27.1. The average Bonchev–Trinajstić information content (AvgIpc) is 3.48. The third-order valence-corrected chi connectivity index (χ3v) is 9.82. The van der Waals surface area contributed by atoms with Gasteiger partial charge >= 0.3 is 12.1 Å². The molecule has 2 amide bonds. The number of ether oxygens (including phenoxy) is 2. The van der Waals surface area contributed by atoms with E-state index in [0.29, 0.717) is 52.3 Å². The highest BCUT2D eigenvalue weighted by Crippen LogP contribution is 2.46. The number of amides is 2. The number of carbonyl (C=O) groups excluding carboxylic acids is 3. The number of esters is 1. The molecule has 5 heterocycles. The molecule has 1 unspecified atom stereocenters. The number of halogens is 1. The van der Waals surface area contributed by atoms with Crippen molar-refractivity contribution in [1.29, 1.82) is 0 Å². The number of cyclic esters (lactones) is 1. The Hall–Kier alpha value is -5.34. The highest BCUT2D eigenvalue weighted by atomic mass is 19.1. The standard InChI is InChI=1S/C35H33FN6O7/c1-4-35(47)23-10-26-30-21(14-42(26)32(44)22(23)15-48-33(35)45)28-19(7-8-20-17(2)24(36)11-25(40-30)29(20)28)13-39-27(43)16-49-34(46)41(3)31-18(12-37)6-5-9-38-31/h5-6,9-11,13,19,47H,4,7-8,12,14-16,37H2,1-3H3/t19?,35-/m0/s1. The molecule has 13 nitrogen and oxygen atoms in total. The van der Waals surface area contributed by atoms with Crippen LogP contribution in [0.3, 0.4) is 0 Å². The molecule has 1 aromatic carbocycles. The van der Waals surface area contributed by atoms with Gasteiger partial charge in [0.1, 0.15) is 18.2 Å². The summed E-state index contributed by atoms with van der Waals surface area (Å²) in [5.74, 6) is -2.04. The van der Waals surface area contributed by atoms with Gasteiger partial charge in [0, 0.05) is 60.1 Å². The number of aliphatic hydroxyl groups is 1. The molecule has 2 atom stereocenters. The quantitative estimate of drug-likeness (QED) is 0.201. The zero-order chi connectivity index (χ0) is 34.8. The fourth-order valence-electron chi connectivity index (χ4n) is 7.15. The van der Waals surface area contributed by atoms with Crippen molar-refractivity contribution in [2.45, 2.75) is 64.3 Å². The van der Waals surface area contributed by atoms with Gasteiger partial charge in [-0.2, -0.15) is 0 Å². The van der Waals surface area contributed by atoms with E-state index in [-0.39, 0.29) is 37.2 Å². The number of nitrogens with two attached hydrogens (primary N) is 1. The van der Waals surface area contributed by atoms with E-state index in [1.807, 2.05) is 0 Å². The van der Waals surface area contributed by atoms with Gasteiger partial charge in [0.25, 0.3) is 11.5 Å². The molecule has 49 heavy (non-hydrogen) atoms. The van der Waals surface area contributed by atoms with Crippen LogP contribution in [0.4, 0.5) is 15.0 Å². The second-order valence-corrected chi connectivity index (χ2v) is 12.4. The van der Waals surface area contributed by atoms with E-state index in [9.17, 15) is 24.3 Å².